The number of alkyl halides is 2. The Morgan fingerprint density at radius 2 is 1.60 bits per heavy atom. The fourth-order valence-electron chi connectivity index (χ4n) is 12.4. The van der Waals surface area contributed by atoms with Crippen molar-refractivity contribution < 1.29 is 66.2 Å². The van der Waals surface area contributed by atoms with Crippen LogP contribution in [0, 0.1) is 0 Å². The minimum absolute atomic E-state index is 0.0721. The molecule has 90 heavy (non-hydrogen) atoms. The molecule has 486 valence electrons. The van der Waals surface area contributed by atoms with Crippen molar-refractivity contribution in [2.24, 2.45) is 5.73 Å². The van der Waals surface area contributed by atoms with Crippen LogP contribution in [-0.2, 0) is 62.6 Å². The summed E-state index contributed by atoms with van der Waals surface area (Å²) >= 11 is 0.996. The van der Waals surface area contributed by atoms with Gasteiger partial charge in [0.15, 0.2) is 0 Å². The molecule has 9 amide bonds. The average molecular weight is 1290 g/mol. The predicted octanol–water partition coefficient (Wildman–Crippen LogP) is 3.09. The number of nitrogens with two attached hydrogens (primary N) is 1. The van der Waals surface area contributed by atoms with Crippen LogP contribution in [0.1, 0.15) is 114 Å². The lowest BCUT2D eigenvalue weighted by atomic mass is 9.86. The molecule has 4 saturated heterocycles. The van der Waals surface area contributed by atoms with Crippen molar-refractivity contribution in [2.45, 2.75) is 133 Å². The average Bonchev–Trinajstić information content (AvgIpc) is 1.64. The summed E-state index contributed by atoms with van der Waals surface area (Å²) in [6, 6.07) is 12.2. The van der Waals surface area contributed by atoms with Crippen molar-refractivity contribution >= 4 is 88.9 Å². The number of amides is 9. The molecule has 28 heteroatoms. The Kier molecular flexibility index (Phi) is 21.7. The number of rotatable bonds is 24. The molecule has 4 aromatic rings. The van der Waals surface area contributed by atoms with Gasteiger partial charge in [-0.2, -0.15) is 8.78 Å². The topological polar surface area (TPSA) is 309 Å². The van der Waals surface area contributed by atoms with Crippen molar-refractivity contribution in [1.29, 1.82) is 0 Å². The summed E-state index contributed by atoms with van der Waals surface area (Å²) in [5.74, 6) is -4.75. The van der Waals surface area contributed by atoms with Gasteiger partial charge in [0.1, 0.15) is 30.2 Å². The second-order valence-corrected chi connectivity index (χ2v) is 26.9. The molecule has 1 aromatic heterocycles. The Balaban J connectivity index is 0.861. The molecular formula is C62H81F2N12O12PS. The zero-order valence-corrected chi connectivity index (χ0v) is 53.0. The lowest BCUT2D eigenvalue weighted by Gasteiger charge is -2.39. The minimum atomic E-state index is -4.04. The van der Waals surface area contributed by atoms with Crippen LogP contribution in [0.4, 0.5) is 14.5 Å². The second kappa shape index (κ2) is 29.0. The van der Waals surface area contributed by atoms with Crippen LogP contribution >= 0.6 is 19.9 Å². The number of halogens is 2. The maximum Gasteiger partial charge on any atom is 0.389 e. The fourth-order valence-corrected chi connectivity index (χ4v) is 13.7. The van der Waals surface area contributed by atoms with Gasteiger partial charge in [0.25, 0.3) is 11.8 Å². The molecule has 0 aliphatic carbocycles. The van der Waals surface area contributed by atoms with Gasteiger partial charge < -0.3 is 56.4 Å². The number of carbonyl (C=O) groups excluding carboxylic acids is 9. The number of thiophene rings is 1. The summed E-state index contributed by atoms with van der Waals surface area (Å²) in [6.45, 7) is 11.4. The molecular weight excluding hydrogens is 1210 g/mol. The molecule has 0 bridgehead atoms. The van der Waals surface area contributed by atoms with E-state index in [1.54, 1.807) is 17.0 Å². The lowest BCUT2D eigenvalue weighted by Crippen LogP contribution is -2.62. The third-order valence-corrected chi connectivity index (χ3v) is 18.9. The minimum Gasteiger partial charge on any atom is -0.385 e. The number of imide groups is 1. The highest BCUT2D eigenvalue weighted by Crippen LogP contribution is 2.43. The van der Waals surface area contributed by atoms with Crippen LogP contribution < -0.4 is 32.3 Å². The van der Waals surface area contributed by atoms with E-state index in [0.29, 0.717) is 82.0 Å². The molecule has 6 atom stereocenters. The molecule has 9 rings (SSSR count). The van der Waals surface area contributed by atoms with E-state index in [-0.39, 0.29) is 85.0 Å². The zero-order valence-electron chi connectivity index (χ0n) is 51.3. The Hall–Kier alpha value is -7.10. The predicted molar refractivity (Wildman–Crippen MR) is 332 cm³/mol. The van der Waals surface area contributed by atoms with E-state index in [1.165, 1.54) is 21.9 Å². The number of piperazine rings is 1. The van der Waals surface area contributed by atoms with Crippen LogP contribution in [0.15, 0.2) is 66.7 Å². The third kappa shape index (κ3) is 16.5. The standard InChI is InChI=1S/C62H81F2N12O12PS/c1-61(2,3)39-12-10-37(11-13-39)32-46(59(84)74-30-28-72(29-31-74)24-7-23-66-44-9-6-8-42-43(44)35-75(58(42)83)48-18-21-53(78)70-55(48)80)68-54(79)45(16-20-52(65)77)67-56(81)49-17-15-41-22-25-73(27-26-71(4)5)36-47(60(85)76(41)49)69-57(82)51-34-38-33-40(14-19-50(38)90-51)62(63,64)88-89(86)87/h6,8-14,19,33-34,41,45-49,66,86-87H,7,15-18,20-32,35-36H2,1-5H3,(H2,65,77)(H,67,81)(H,68,79)(H,69,82)(H,70,78,80)/t41-,45+,46+,47+,48?,49+/m1/s1. The fraction of sp³-hybridized carbons (Fsp3) is 0.532. The summed E-state index contributed by atoms with van der Waals surface area (Å²) in [5.41, 5.74) is 8.76. The number of likely N-dealkylation sites (N-methyl/N-ethyl adjacent to an activating group) is 1. The molecule has 6 heterocycles. The maximum atomic E-state index is 15.0. The van der Waals surface area contributed by atoms with E-state index >= 15 is 4.79 Å². The second-order valence-electron chi connectivity index (χ2n) is 25.1. The van der Waals surface area contributed by atoms with Crippen molar-refractivity contribution in [3.63, 3.8) is 0 Å². The first kappa shape index (κ1) is 67.3. The van der Waals surface area contributed by atoms with Gasteiger partial charge in [0, 0.05) is 112 Å². The summed E-state index contributed by atoms with van der Waals surface area (Å²) in [6.07, 6.45) is -2.16. The molecule has 4 fully saturated rings. The van der Waals surface area contributed by atoms with Crippen molar-refractivity contribution in [3.8, 4) is 0 Å². The van der Waals surface area contributed by atoms with Crippen molar-refractivity contribution in [3.05, 3.63) is 99.4 Å². The van der Waals surface area contributed by atoms with Crippen LogP contribution in [0.3, 0.4) is 0 Å². The Labute approximate surface area is 526 Å². The smallest absolute Gasteiger partial charge is 0.385 e. The first-order valence-corrected chi connectivity index (χ1v) is 32.5. The van der Waals surface area contributed by atoms with Crippen LogP contribution in [-0.4, -0.2) is 208 Å². The number of anilines is 1. The van der Waals surface area contributed by atoms with Gasteiger partial charge in [0.05, 0.1) is 10.4 Å². The van der Waals surface area contributed by atoms with Crippen molar-refractivity contribution in [1.82, 2.24) is 50.7 Å². The number of nitrogens with zero attached hydrogens (tertiary/aromatic N) is 6. The number of primary amides is 1. The zero-order chi connectivity index (χ0) is 64.8. The number of piperidine rings is 1. The van der Waals surface area contributed by atoms with E-state index in [2.05, 4.69) is 61.7 Å². The lowest BCUT2D eigenvalue weighted by molar-refractivity contribution is -0.189. The van der Waals surface area contributed by atoms with Gasteiger partial charge in [-0.05, 0) is 117 Å². The van der Waals surface area contributed by atoms with E-state index < -0.39 is 92.0 Å². The number of fused-ring (bicyclic) bond motifs is 3. The summed E-state index contributed by atoms with van der Waals surface area (Å²) in [7, 11) is 0.443. The monoisotopic (exact) mass is 1290 g/mol. The number of carbonyl (C=O) groups is 9. The highest BCUT2D eigenvalue weighted by Gasteiger charge is 2.47. The van der Waals surface area contributed by atoms with Gasteiger partial charge in [-0.3, -0.25) is 58.3 Å². The van der Waals surface area contributed by atoms with E-state index in [0.717, 1.165) is 52.3 Å². The molecule has 9 N–H and O–H groups in total. The first-order valence-electron chi connectivity index (χ1n) is 30.5. The highest BCUT2D eigenvalue weighted by atomic mass is 32.1. The molecule has 5 aliphatic rings. The summed E-state index contributed by atoms with van der Waals surface area (Å²) in [4.78, 5) is 153. The Morgan fingerprint density at radius 3 is 2.29 bits per heavy atom. The largest absolute Gasteiger partial charge is 0.389 e. The molecule has 3 aromatic carbocycles. The Morgan fingerprint density at radius 1 is 0.867 bits per heavy atom. The SMILES string of the molecule is CN(C)CCN1CC[C@H]2CC[C@@H](C(=O)N[C@@H](CCC(N)=O)C(=O)N[C@@H](Cc3ccc(C(C)(C)C)cc3)C(=O)N3CCN(CCCNc4cccc5c4CN(C4CCC(=O)NC4=O)C5=O)CC3)N2C(=O)[C@@H](NC(=O)c2cc3cc(C(F)(F)OP(O)O)ccc3s2)C1. The highest BCUT2D eigenvalue weighted by molar-refractivity contribution is 7.39. The maximum absolute atomic E-state index is 15.0. The normalized spacial score (nSPS) is 21.0. The van der Waals surface area contributed by atoms with Gasteiger partial charge in [-0.1, -0.05) is 51.1 Å². The molecule has 0 saturated carbocycles. The summed E-state index contributed by atoms with van der Waals surface area (Å²) in [5, 5.41) is 14.7. The van der Waals surface area contributed by atoms with Gasteiger partial charge in [-0.15, -0.1) is 11.3 Å². The van der Waals surface area contributed by atoms with Crippen molar-refractivity contribution in [2.75, 3.05) is 84.9 Å². The molecule has 0 spiro atoms. The number of benzene rings is 3. The van der Waals surface area contributed by atoms with Crippen LogP contribution in [0.2, 0.25) is 0 Å². The van der Waals surface area contributed by atoms with Crippen LogP contribution in [0.25, 0.3) is 10.1 Å². The van der Waals surface area contributed by atoms with Gasteiger partial charge in [-0.25, -0.2) is 4.52 Å². The summed E-state index contributed by atoms with van der Waals surface area (Å²) < 4.78 is 33.9. The number of hydrogen-bond donors (Lipinski definition) is 8. The molecule has 5 aliphatic heterocycles. The molecule has 0 radical (unpaired) electrons. The van der Waals surface area contributed by atoms with E-state index in [1.807, 2.05) is 49.3 Å². The Bertz CT molecular complexity index is 3340. The van der Waals surface area contributed by atoms with Crippen LogP contribution in [0.5, 0.6) is 0 Å². The number of nitrogens with one attached hydrogen (secondary N) is 5. The first-order chi connectivity index (χ1) is 42.7. The quantitative estimate of drug-likeness (QED) is 0.0284. The van der Waals surface area contributed by atoms with E-state index in [9.17, 15) is 47.1 Å². The van der Waals surface area contributed by atoms with Gasteiger partial charge in [0.2, 0.25) is 41.4 Å². The molecule has 1 unspecified atom stereocenters. The van der Waals surface area contributed by atoms with E-state index in [4.69, 9.17) is 15.5 Å². The molecule has 24 nitrogen and oxygen atoms in total. The van der Waals surface area contributed by atoms with Gasteiger partial charge >= 0.3 is 14.7 Å². The third-order valence-electron chi connectivity index (χ3n) is 17.4. The number of hydrogen-bond acceptors (Lipinski definition) is 17.